The molecule has 0 fully saturated rings. The summed E-state index contributed by atoms with van der Waals surface area (Å²) in [5.41, 5.74) is 1.37. The Morgan fingerprint density at radius 2 is 1.77 bits per heavy atom. The zero-order valence-electron chi connectivity index (χ0n) is 16.5. The molecule has 0 bridgehead atoms. The second-order valence-electron chi connectivity index (χ2n) is 6.70. The monoisotopic (exact) mass is 364 g/mol. The Labute approximate surface area is 156 Å². The highest BCUT2D eigenvalue weighted by Crippen LogP contribution is 2.13. The smallest absolute Gasteiger partial charge is 0.412 e. The van der Waals surface area contributed by atoms with Gasteiger partial charge >= 0.3 is 6.09 Å². The lowest BCUT2D eigenvalue weighted by Gasteiger charge is -2.19. The fraction of sp³-hybridized carbons (Fsp3) is 0.579. The summed E-state index contributed by atoms with van der Waals surface area (Å²) in [6.07, 6.45) is 0.396. The number of nitrogens with zero attached hydrogens (tertiary/aromatic N) is 1. The van der Waals surface area contributed by atoms with E-state index in [1.807, 2.05) is 52.0 Å². The second-order valence-corrected chi connectivity index (χ2v) is 6.70. The van der Waals surface area contributed by atoms with Crippen LogP contribution in [0.5, 0.6) is 0 Å². The van der Waals surface area contributed by atoms with Gasteiger partial charge in [0.05, 0.1) is 6.61 Å². The number of rotatable bonds is 8. The number of carbonyl (C=O) groups is 1. The maximum Gasteiger partial charge on any atom is 0.412 e. The summed E-state index contributed by atoms with van der Waals surface area (Å²) in [5.74, 6) is 0.757. The van der Waals surface area contributed by atoms with E-state index in [9.17, 15) is 4.79 Å². The van der Waals surface area contributed by atoms with Crippen LogP contribution in [0.1, 0.15) is 33.3 Å². The molecule has 7 nitrogen and oxygen atoms in total. The summed E-state index contributed by atoms with van der Waals surface area (Å²) in [6.45, 7) is 10.3. The van der Waals surface area contributed by atoms with E-state index in [1.54, 1.807) is 7.05 Å². The van der Waals surface area contributed by atoms with Gasteiger partial charge in [-0.3, -0.25) is 10.3 Å². The quantitative estimate of drug-likeness (QED) is 0.375. The summed E-state index contributed by atoms with van der Waals surface area (Å²) in [4.78, 5) is 15.9. The molecule has 0 atom stereocenters. The predicted molar refractivity (Wildman–Crippen MR) is 106 cm³/mol. The molecule has 3 N–H and O–H groups in total. The van der Waals surface area contributed by atoms with Crippen molar-refractivity contribution >= 4 is 17.7 Å². The largest absolute Gasteiger partial charge is 0.444 e. The fourth-order valence-electron chi connectivity index (χ4n) is 2.11. The minimum absolute atomic E-state index is 0.450. The molecule has 1 amide bonds. The van der Waals surface area contributed by atoms with E-state index in [1.165, 1.54) is 0 Å². The minimum Gasteiger partial charge on any atom is -0.444 e. The lowest BCUT2D eigenvalue weighted by molar-refractivity contribution is 0.0636. The van der Waals surface area contributed by atoms with E-state index in [0.717, 1.165) is 31.0 Å². The maximum absolute atomic E-state index is 11.7. The molecule has 0 spiro atoms. The first-order valence-corrected chi connectivity index (χ1v) is 8.95. The zero-order chi connectivity index (χ0) is 19.4. The van der Waals surface area contributed by atoms with Gasteiger partial charge in [0, 0.05) is 32.4 Å². The number of hydrogen-bond donors (Lipinski definition) is 3. The normalized spacial score (nSPS) is 11.8. The Bertz CT molecular complexity index is 565. The Balaban J connectivity index is 2.34. The molecule has 7 heteroatoms. The van der Waals surface area contributed by atoms with E-state index in [0.29, 0.717) is 18.9 Å². The van der Waals surface area contributed by atoms with Crippen molar-refractivity contribution in [3.63, 3.8) is 0 Å². The summed E-state index contributed by atoms with van der Waals surface area (Å²) < 4.78 is 10.5. The molecule has 0 aliphatic carbocycles. The van der Waals surface area contributed by atoms with Crippen molar-refractivity contribution in [1.29, 1.82) is 0 Å². The number of nitrogens with one attached hydrogen (secondary N) is 3. The van der Waals surface area contributed by atoms with Crippen molar-refractivity contribution < 1.29 is 14.3 Å². The lowest BCUT2D eigenvalue weighted by Crippen LogP contribution is -2.39. The first-order chi connectivity index (χ1) is 12.3. The Hall–Kier alpha value is -2.28. The molecule has 0 saturated carbocycles. The van der Waals surface area contributed by atoms with Gasteiger partial charge in [-0.2, -0.15) is 0 Å². The van der Waals surface area contributed by atoms with Gasteiger partial charge < -0.3 is 20.1 Å². The average molecular weight is 364 g/mol. The highest BCUT2D eigenvalue weighted by atomic mass is 16.6. The van der Waals surface area contributed by atoms with E-state index < -0.39 is 11.7 Å². The Kier molecular flexibility index (Phi) is 9.51. The lowest BCUT2D eigenvalue weighted by atomic mass is 10.1. The molecule has 146 valence electrons. The highest BCUT2D eigenvalue weighted by molar-refractivity contribution is 5.84. The van der Waals surface area contributed by atoms with Gasteiger partial charge in [-0.25, -0.2) is 4.79 Å². The third-order valence-corrected chi connectivity index (χ3v) is 3.27. The van der Waals surface area contributed by atoms with E-state index >= 15 is 0 Å². The van der Waals surface area contributed by atoms with Crippen LogP contribution in [-0.4, -0.2) is 51.0 Å². The summed E-state index contributed by atoms with van der Waals surface area (Å²) >= 11 is 0. The SMILES string of the molecule is CCOCCNC(=NC)NCCc1ccc(NC(=O)OC(C)(C)C)cc1. The van der Waals surface area contributed by atoms with Gasteiger partial charge in [0.2, 0.25) is 0 Å². The van der Waals surface area contributed by atoms with Gasteiger partial charge in [-0.05, 0) is 51.8 Å². The number of anilines is 1. The van der Waals surface area contributed by atoms with Crippen LogP contribution in [0.15, 0.2) is 29.3 Å². The first kappa shape index (κ1) is 21.8. The van der Waals surface area contributed by atoms with Crippen LogP contribution < -0.4 is 16.0 Å². The van der Waals surface area contributed by atoms with E-state index in [4.69, 9.17) is 9.47 Å². The average Bonchev–Trinajstić information content (AvgIpc) is 2.57. The molecule has 0 unspecified atom stereocenters. The van der Waals surface area contributed by atoms with Crippen LogP contribution in [0.3, 0.4) is 0 Å². The molecule has 26 heavy (non-hydrogen) atoms. The van der Waals surface area contributed by atoms with Gasteiger partial charge in [-0.15, -0.1) is 0 Å². The number of guanidine groups is 1. The molecule has 0 aromatic heterocycles. The van der Waals surface area contributed by atoms with E-state index in [-0.39, 0.29) is 0 Å². The van der Waals surface area contributed by atoms with Crippen LogP contribution in [0.4, 0.5) is 10.5 Å². The van der Waals surface area contributed by atoms with Crippen molar-refractivity contribution in [1.82, 2.24) is 10.6 Å². The number of benzene rings is 1. The van der Waals surface area contributed by atoms with Crippen LogP contribution >= 0.6 is 0 Å². The molecule has 0 radical (unpaired) electrons. The molecular formula is C19H32N4O3. The summed E-state index contributed by atoms with van der Waals surface area (Å²) in [6, 6.07) is 7.71. The number of carbonyl (C=O) groups excluding carboxylic acids is 1. The van der Waals surface area contributed by atoms with Crippen molar-refractivity contribution in [2.75, 3.05) is 38.7 Å². The van der Waals surface area contributed by atoms with Gasteiger partial charge in [0.1, 0.15) is 5.60 Å². The molecular weight excluding hydrogens is 332 g/mol. The Morgan fingerprint density at radius 3 is 2.35 bits per heavy atom. The van der Waals surface area contributed by atoms with Crippen molar-refractivity contribution in [3.8, 4) is 0 Å². The van der Waals surface area contributed by atoms with Crippen LogP contribution in [0, 0.1) is 0 Å². The summed E-state index contributed by atoms with van der Waals surface area (Å²) in [7, 11) is 1.74. The third kappa shape index (κ3) is 9.88. The number of hydrogen-bond acceptors (Lipinski definition) is 4. The molecule has 1 aromatic carbocycles. The second kappa shape index (κ2) is 11.4. The highest BCUT2D eigenvalue weighted by Gasteiger charge is 2.16. The number of aliphatic imine (C=N–C) groups is 1. The molecule has 0 aliphatic rings. The van der Waals surface area contributed by atoms with Gasteiger partial charge in [-0.1, -0.05) is 12.1 Å². The topological polar surface area (TPSA) is 84.0 Å². The van der Waals surface area contributed by atoms with E-state index in [2.05, 4.69) is 20.9 Å². The van der Waals surface area contributed by atoms with Crippen molar-refractivity contribution in [3.05, 3.63) is 29.8 Å². The third-order valence-electron chi connectivity index (χ3n) is 3.27. The predicted octanol–water partition coefficient (Wildman–Crippen LogP) is 2.78. The number of ether oxygens (including phenoxy) is 2. The standard InChI is InChI=1S/C19H32N4O3/c1-6-25-14-13-22-17(20-5)21-12-11-15-7-9-16(10-8-15)23-18(24)26-19(2,3)4/h7-10H,6,11-14H2,1-5H3,(H,23,24)(H2,20,21,22). The summed E-state index contributed by atoms with van der Waals surface area (Å²) in [5, 5.41) is 9.18. The van der Waals surface area contributed by atoms with Crippen molar-refractivity contribution in [2.24, 2.45) is 4.99 Å². The minimum atomic E-state index is -0.509. The number of amides is 1. The van der Waals surface area contributed by atoms with Gasteiger partial charge in [0.25, 0.3) is 0 Å². The van der Waals surface area contributed by atoms with Crippen LogP contribution in [0.2, 0.25) is 0 Å². The maximum atomic E-state index is 11.7. The van der Waals surface area contributed by atoms with Crippen LogP contribution in [-0.2, 0) is 15.9 Å². The first-order valence-electron chi connectivity index (χ1n) is 8.95. The zero-order valence-corrected chi connectivity index (χ0v) is 16.5. The molecule has 1 rings (SSSR count). The molecule has 1 aromatic rings. The Morgan fingerprint density at radius 1 is 1.12 bits per heavy atom. The van der Waals surface area contributed by atoms with Crippen LogP contribution in [0.25, 0.3) is 0 Å². The molecule has 0 heterocycles. The molecule has 0 saturated heterocycles. The fourth-order valence-corrected chi connectivity index (χ4v) is 2.11. The molecule has 0 aliphatic heterocycles. The van der Waals surface area contributed by atoms with Crippen molar-refractivity contribution in [2.45, 2.75) is 39.7 Å². The van der Waals surface area contributed by atoms with Gasteiger partial charge in [0.15, 0.2) is 5.96 Å².